The molecular formula is C16H32N4. The molecule has 116 valence electrons. The van der Waals surface area contributed by atoms with Gasteiger partial charge in [-0.15, -0.1) is 0 Å². The maximum absolute atomic E-state index is 6.07. The van der Waals surface area contributed by atoms with Gasteiger partial charge in [0.05, 0.1) is 0 Å². The monoisotopic (exact) mass is 280 g/mol. The van der Waals surface area contributed by atoms with Gasteiger partial charge in [0.15, 0.2) is 5.96 Å². The van der Waals surface area contributed by atoms with Crippen molar-refractivity contribution in [3.8, 4) is 0 Å². The highest BCUT2D eigenvalue weighted by molar-refractivity contribution is 5.78. The molecule has 0 aromatic heterocycles. The molecule has 3 N–H and O–H groups in total. The van der Waals surface area contributed by atoms with Crippen molar-refractivity contribution in [2.24, 2.45) is 16.6 Å². The molecule has 2 fully saturated rings. The highest BCUT2D eigenvalue weighted by atomic mass is 15.1. The number of aliphatic imine (C=N–C) groups is 1. The van der Waals surface area contributed by atoms with E-state index in [0.29, 0.717) is 17.9 Å². The summed E-state index contributed by atoms with van der Waals surface area (Å²) >= 11 is 0. The van der Waals surface area contributed by atoms with E-state index in [4.69, 9.17) is 5.73 Å². The number of nitrogens with two attached hydrogens (primary N) is 1. The van der Waals surface area contributed by atoms with Gasteiger partial charge in [-0.3, -0.25) is 4.99 Å². The van der Waals surface area contributed by atoms with E-state index in [2.05, 4.69) is 22.1 Å². The molecule has 0 aromatic rings. The van der Waals surface area contributed by atoms with Crippen molar-refractivity contribution in [3.63, 3.8) is 0 Å². The van der Waals surface area contributed by atoms with Crippen LogP contribution in [0.4, 0.5) is 0 Å². The lowest BCUT2D eigenvalue weighted by Gasteiger charge is -2.31. The summed E-state index contributed by atoms with van der Waals surface area (Å²) < 4.78 is 0. The number of nitrogens with zero attached hydrogens (tertiary/aromatic N) is 2. The van der Waals surface area contributed by atoms with Crippen molar-refractivity contribution in [1.29, 1.82) is 0 Å². The summed E-state index contributed by atoms with van der Waals surface area (Å²) in [6.07, 6.45) is 10.5. The predicted molar refractivity (Wildman–Crippen MR) is 86.0 cm³/mol. The first-order valence-electron chi connectivity index (χ1n) is 8.56. The number of hydrogen-bond donors (Lipinski definition) is 2. The van der Waals surface area contributed by atoms with E-state index >= 15 is 0 Å². The van der Waals surface area contributed by atoms with Crippen LogP contribution in [-0.4, -0.2) is 43.1 Å². The molecule has 1 aliphatic heterocycles. The first-order valence-corrected chi connectivity index (χ1v) is 8.56. The van der Waals surface area contributed by atoms with E-state index in [-0.39, 0.29) is 0 Å². The summed E-state index contributed by atoms with van der Waals surface area (Å²) in [4.78, 5) is 7.12. The van der Waals surface area contributed by atoms with Gasteiger partial charge in [0.25, 0.3) is 0 Å². The molecule has 1 unspecified atom stereocenters. The van der Waals surface area contributed by atoms with Gasteiger partial charge < -0.3 is 16.0 Å². The molecule has 2 aliphatic rings. The Bertz CT molecular complexity index is 295. The second-order valence-electron chi connectivity index (χ2n) is 6.46. The standard InChI is InChI=1S/C16H32N4/c1-2-20-11-7-8-14(13-20)12-18-16(17)19-15-9-5-3-4-6-10-15/h14-15H,2-13H2,1H3,(H3,17,18,19). The summed E-state index contributed by atoms with van der Waals surface area (Å²) in [6, 6.07) is 0.555. The largest absolute Gasteiger partial charge is 0.370 e. The second-order valence-corrected chi connectivity index (χ2v) is 6.46. The molecule has 2 rings (SSSR count). The zero-order valence-electron chi connectivity index (χ0n) is 13.1. The molecule has 0 aromatic carbocycles. The molecule has 0 spiro atoms. The van der Waals surface area contributed by atoms with Crippen LogP contribution in [0.3, 0.4) is 0 Å². The molecule has 1 saturated heterocycles. The Morgan fingerprint density at radius 2 is 1.90 bits per heavy atom. The van der Waals surface area contributed by atoms with Crippen molar-refractivity contribution in [3.05, 3.63) is 0 Å². The van der Waals surface area contributed by atoms with Crippen LogP contribution in [0.2, 0.25) is 0 Å². The van der Waals surface area contributed by atoms with Gasteiger partial charge in [0.1, 0.15) is 0 Å². The highest BCUT2D eigenvalue weighted by Crippen LogP contribution is 2.18. The maximum atomic E-state index is 6.07. The Kier molecular flexibility index (Phi) is 6.64. The minimum absolute atomic E-state index is 0.555. The Morgan fingerprint density at radius 1 is 1.15 bits per heavy atom. The van der Waals surface area contributed by atoms with E-state index < -0.39 is 0 Å². The van der Waals surface area contributed by atoms with Crippen LogP contribution in [0.15, 0.2) is 4.99 Å². The van der Waals surface area contributed by atoms with Gasteiger partial charge in [-0.1, -0.05) is 32.6 Å². The molecule has 0 bridgehead atoms. The highest BCUT2D eigenvalue weighted by Gasteiger charge is 2.18. The molecular weight excluding hydrogens is 248 g/mol. The van der Waals surface area contributed by atoms with Crippen LogP contribution >= 0.6 is 0 Å². The minimum Gasteiger partial charge on any atom is -0.370 e. The molecule has 1 aliphatic carbocycles. The van der Waals surface area contributed by atoms with Crippen LogP contribution in [0.5, 0.6) is 0 Å². The van der Waals surface area contributed by atoms with Crippen LogP contribution in [0.25, 0.3) is 0 Å². The van der Waals surface area contributed by atoms with E-state index in [1.807, 2.05) is 0 Å². The average molecular weight is 280 g/mol. The fourth-order valence-corrected chi connectivity index (χ4v) is 3.49. The lowest BCUT2D eigenvalue weighted by atomic mass is 9.98. The van der Waals surface area contributed by atoms with Crippen molar-refractivity contribution in [2.75, 3.05) is 26.2 Å². The van der Waals surface area contributed by atoms with Crippen molar-refractivity contribution >= 4 is 5.96 Å². The summed E-state index contributed by atoms with van der Waals surface area (Å²) in [5.74, 6) is 1.36. The molecule has 4 nitrogen and oxygen atoms in total. The normalized spacial score (nSPS) is 27.2. The van der Waals surface area contributed by atoms with E-state index in [1.165, 1.54) is 64.5 Å². The lowest BCUT2D eigenvalue weighted by molar-refractivity contribution is 0.186. The third-order valence-corrected chi connectivity index (χ3v) is 4.78. The smallest absolute Gasteiger partial charge is 0.188 e. The van der Waals surface area contributed by atoms with Gasteiger partial charge in [-0.05, 0) is 44.7 Å². The first-order chi connectivity index (χ1) is 9.78. The number of nitrogens with one attached hydrogen (secondary N) is 1. The minimum atomic E-state index is 0.555. The zero-order valence-corrected chi connectivity index (χ0v) is 13.1. The van der Waals surface area contributed by atoms with Crippen molar-refractivity contribution in [2.45, 2.75) is 64.3 Å². The van der Waals surface area contributed by atoms with E-state index in [1.54, 1.807) is 0 Å². The number of likely N-dealkylation sites (tertiary alicyclic amines) is 1. The SMILES string of the molecule is CCN1CCCC(CN=C(N)NC2CCCCCC2)C1. The molecule has 0 radical (unpaired) electrons. The van der Waals surface area contributed by atoms with Gasteiger partial charge >= 0.3 is 0 Å². The number of guanidine groups is 1. The number of piperidine rings is 1. The Hall–Kier alpha value is -0.770. The molecule has 4 heteroatoms. The topological polar surface area (TPSA) is 53.6 Å². The summed E-state index contributed by atoms with van der Waals surface area (Å²) in [7, 11) is 0. The number of rotatable bonds is 4. The maximum Gasteiger partial charge on any atom is 0.188 e. The van der Waals surface area contributed by atoms with Crippen LogP contribution in [0.1, 0.15) is 58.3 Å². The summed E-state index contributed by atoms with van der Waals surface area (Å²) in [5.41, 5.74) is 6.07. The van der Waals surface area contributed by atoms with Gasteiger partial charge in [0, 0.05) is 19.1 Å². The third kappa shape index (κ3) is 5.31. The lowest BCUT2D eigenvalue weighted by Crippen LogP contribution is -2.41. The Labute approximate surface area is 124 Å². The first kappa shape index (κ1) is 15.6. The van der Waals surface area contributed by atoms with E-state index in [0.717, 1.165) is 13.1 Å². The zero-order chi connectivity index (χ0) is 14.2. The molecule has 0 amide bonds. The van der Waals surface area contributed by atoms with E-state index in [9.17, 15) is 0 Å². The van der Waals surface area contributed by atoms with Gasteiger partial charge in [-0.25, -0.2) is 0 Å². The molecule has 20 heavy (non-hydrogen) atoms. The average Bonchev–Trinajstić information content (AvgIpc) is 2.74. The summed E-state index contributed by atoms with van der Waals surface area (Å²) in [5, 5.41) is 3.44. The fourth-order valence-electron chi connectivity index (χ4n) is 3.49. The van der Waals surface area contributed by atoms with Crippen LogP contribution < -0.4 is 11.1 Å². The van der Waals surface area contributed by atoms with Crippen LogP contribution in [0, 0.1) is 5.92 Å². The fraction of sp³-hybridized carbons (Fsp3) is 0.938. The quantitative estimate of drug-likeness (QED) is 0.472. The second kappa shape index (κ2) is 8.50. The molecule has 1 saturated carbocycles. The Balaban J connectivity index is 1.72. The van der Waals surface area contributed by atoms with Crippen molar-refractivity contribution in [1.82, 2.24) is 10.2 Å². The third-order valence-electron chi connectivity index (χ3n) is 4.78. The number of hydrogen-bond acceptors (Lipinski definition) is 2. The predicted octanol–water partition coefficient (Wildman–Crippen LogP) is 2.35. The Morgan fingerprint density at radius 3 is 2.60 bits per heavy atom. The molecule has 1 atom stereocenters. The molecule has 1 heterocycles. The van der Waals surface area contributed by atoms with Crippen molar-refractivity contribution < 1.29 is 0 Å². The summed E-state index contributed by atoms with van der Waals surface area (Å²) in [6.45, 7) is 6.74. The van der Waals surface area contributed by atoms with Gasteiger partial charge in [0.2, 0.25) is 0 Å². The van der Waals surface area contributed by atoms with Crippen LogP contribution in [-0.2, 0) is 0 Å². The van der Waals surface area contributed by atoms with Gasteiger partial charge in [-0.2, -0.15) is 0 Å².